The molecule has 0 rings (SSSR count). The lowest BCUT2D eigenvalue weighted by molar-refractivity contribution is 0.342. The van der Waals surface area contributed by atoms with Crippen LogP contribution in [0.15, 0.2) is 48.6 Å². The molecule has 0 aliphatic rings. The van der Waals surface area contributed by atoms with Gasteiger partial charge in [0.05, 0.1) is 6.61 Å². The van der Waals surface area contributed by atoms with Crippen molar-refractivity contribution in [3.8, 4) is 0 Å². The number of aliphatic hydroxyl groups excluding tert-OH is 1. The quantitative estimate of drug-likeness (QED) is 0.286. The molecule has 0 aromatic carbocycles. The first-order valence-electron chi connectivity index (χ1n) is 7.66. The normalized spacial score (nSPS) is 12.7. The van der Waals surface area contributed by atoms with Gasteiger partial charge >= 0.3 is 0 Å². The third-order valence-corrected chi connectivity index (χ3v) is 2.84. The first-order valence-corrected chi connectivity index (χ1v) is 7.66. The minimum atomic E-state index is 0.156. The van der Waals surface area contributed by atoms with Crippen molar-refractivity contribution in [2.24, 2.45) is 0 Å². The predicted molar refractivity (Wildman–Crippen MR) is 86.3 cm³/mol. The van der Waals surface area contributed by atoms with Crippen molar-refractivity contribution < 1.29 is 5.11 Å². The van der Waals surface area contributed by atoms with Crippen LogP contribution >= 0.6 is 0 Å². The van der Waals surface area contributed by atoms with Gasteiger partial charge in [0.15, 0.2) is 0 Å². The largest absolute Gasteiger partial charge is 0.392 e. The monoisotopic (exact) mass is 262 g/mol. The lowest BCUT2D eigenvalue weighted by atomic mass is 10.1. The zero-order valence-electron chi connectivity index (χ0n) is 12.4. The zero-order valence-corrected chi connectivity index (χ0v) is 12.4. The van der Waals surface area contributed by atoms with Gasteiger partial charge in [0, 0.05) is 0 Å². The molecule has 1 N–H and O–H groups in total. The van der Waals surface area contributed by atoms with Crippen LogP contribution < -0.4 is 0 Å². The topological polar surface area (TPSA) is 20.2 Å². The Labute approximate surface area is 119 Å². The number of allylic oxidation sites excluding steroid dienone is 7. The van der Waals surface area contributed by atoms with Gasteiger partial charge in [-0.1, -0.05) is 74.8 Å². The molecule has 0 saturated carbocycles. The average molecular weight is 262 g/mol. The Morgan fingerprint density at radius 3 is 1.89 bits per heavy atom. The van der Waals surface area contributed by atoms with E-state index in [-0.39, 0.29) is 6.61 Å². The number of unbranched alkanes of at least 4 members (excludes halogenated alkanes) is 6. The molecule has 0 bridgehead atoms. The summed E-state index contributed by atoms with van der Waals surface area (Å²) < 4.78 is 0. The minimum Gasteiger partial charge on any atom is -0.392 e. The average Bonchev–Trinajstić information content (AvgIpc) is 2.43. The van der Waals surface area contributed by atoms with Crippen LogP contribution in [0.2, 0.25) is 0 Å². The van der Waals surface area contributed by atoms with E-state index >= 15 is 0 Å². The maximum Gasteiger partial charge on any atom is 0.0612 e. The summed E-state index contributed by atoms with van der Waals surface area (Å²) in [5.74, 6) is 0. The summed E-state index contributed by atoms with van der Waals surface area (Å²) in [5, 5.41) is 8.55. The van der Waals surface area contributed by atoms with Crippen LogP contribution in [0.25, 0.3) is 0 Å². The molecule has 0 aliphatic heterocycles. The molecule has 0 radical (unpaired) electrons. The highest BCUT2D eigenvalue weighted by atomic mass is 16.2. The molecule has 108 valence electrons. The third-order valence-electron chi connectivity index (χ3n) is 2.84. The molecule has 0 fully saturated rings. The van der Waals surface area contributed by atoms with Crippen LogP contribution in [0.1, 0.15) is 58.3 Å². The summed E-state index contributed by atoms with van der Waals surface area (Å²) in [6, 6.07) is 0. The van der Waals surface area contributed by atoms with E-state index in [9.17, 15) is 0 Å². The summed E-state index contributed by atoms with van der Waals surface area (Å²) in [7, 11) is 0. The van der Waals surface area contributed by atoms with Crippen molar-refractivity contribution in [1.82, 2.24) is 0 Å². The molecular weight excluding hydrogens is 232 g/mol. The highest BCUT2D eigenvalue weighted by Gasteiger charge is 1.83. The fourth-order valence-electron chi connectivity index (χ4n) is 1.71. The molecule has 1 nitrogen and oxygen atoms in total. The highest BCUT2D eigenvalue weighted by molar-refractivity contribution is 5.10. The molecule has 0 aromatic heterocycles. The smallest absolute Gasteiger partial charge is 0.0612 e. The van der Waals surface area contributed by atoms with Gasteiger partial charge in [-0.3, -0.25) is 0 Å². The maximum atomic E-state index is 8.55. The van der Waals surface area contributed by atoms with Crippen molar-refractivity contribution >= 4 is 0 Å². The van der Waals surface area contributed by atoms with E-state index in [1.165, 1.54) is 32.1 Å². The fraction of sp³-hybridized carbons (Fsp3) is 0.556. The molecule has 0 aliphatic carbocycles. The maximum absolute atomic E-state index is 8.55. The SMILES string of the molecule is CCCCCC/C=C/C=C/C=C/CCC/C=C/CO. The predicted octanol–water partition coefficient (Wildman–Crippen LogP) is 5.34. The van der Waals surface area contributed by atoms with Gasteiger partial charge < -0.3 is 5.11 Å². The van der Waals surface area contributed by atoms with E-state index in [1.54, 1.807) is 6.08 Å². The molecular formula is C18H30O. The molecule has 0 amide bonds. The van der Waals surface area contributed by atoms with Crippen molar-refractivity contribution in [2.75, 3.05) is 6.61 Å². The van der Waals surface area contributed by atoms with Gasteiger partial charge in [-0.15, -0.1) is 0 Å². The van der Waals surface area contributed by atoms with Gasteiger partial charge in [-0.25, -0.2) is 0 Å². The summed E-state index contributed by atoms with van der Waals surface area (Å²) in [5.41, 5.74) is 0. The minimum absolute atomic E-state index is 0.156. The Balaban J connectivity index is 3.36. The van der Waals surface area contributed by atoms with Crippen molar-refractivity contribution in [1.29, 1.82) is 0 Å². The van der Waals surface area contributed by atoms with E-state index < -0.39 is 0 Å². The van der Waals surface area contributed by atoms with Gasteiger partial charge in [-0.05, 0) is 32.1 Å². The van der Waals surface area contributed by atoms with Crippen LogP contribution in [0.4, 0.5) is 0 Å². The van der Waals surface area contributed by atoms with Gasteiger partial charge in [-0.2, -0.15) is 0 Å². The van der Waals surface area contributed by atoms with E-state index in [1.807, 2.05) is 6.08 Å². The van der Waals surface area contributed by atoms with Crippen LogP contribution in [-0.2, 0) is 0 Å². The zero-order chi connectivity index (χ0) is 14.0. The molecule has 0 atom stereocenters. The van der Waals surface area contributed by atoms with Gasteiger partial charge in [0.25, 0.3) is 0 Å². The Morgan fingerprint density at radius 2 is 1.26 bits per heavy atom. The fourth-order valence-corrected chi connectivity index (χ4v) is 1.71. The van der Waals surface area contributed by atoms with Crippen LogP contribution in [-0.4, -0.2) is 11.7 Å². The molecule has 0 unspecified atom stereocenters. The second-order valence-electron chi connectivity index (χ2n) is 4.68. The molecule has 0 spiro atoms. The second kappa shape index (κ2) is 16.9. The standard InChI is InChI=1S/C18H30O/c1-2-3-4-5-6-7-8-9-10-11-12-13-14-15-16-17-18-19/h7-12,16-17,19H,2-6,13-15,18H2,1H3/b8-7+,10-9+,12-11+,17-16+. The molecule has 19 heavy (non-hydrogen) atoms. The van der Waals surface area contributed by atoms with E-state index in [0.717, 1.165) is 19.3 Å². The number of aliphatic hydroxyl groups is 1. The summed E-state index contributed by atoms with van der Waals surface area (Å²) in [6.07, 6.45) is 26.5. The molecule has 0 saturated heterocycles. The Morgan fingerprint density at radius 1 is 0.632 bits per heavy atom. The molecule has 1 heteroatoms. The third kappa shape index (κ3) is 16.9. The van der Waals surface area contributed by atoms with Crippen LogP contribution in [0.5, 0.6) is 0 Å². The Hall–Kier alpha value is -1.08. The lowest BCUT2D eigenvalue weighted by Crippen LogP contribution is -1.73. The second-order valence-corrected chi connectivity index (χ2v) is 4.68. The summed E-state index contributed by atoms with van der Waals surface area (Å²) >= 11 is 0. The molecule has 0 aromatic rings. The number of hydrogen-bond acceptors (Lipinski definition) is 1. The van der Waals surface area contributed by atoms with Crippen LogP contribution in [0, 0.1) is 0 Å². The van der Waals surface area contributed by atoms with E-state index in [4.69, 9.17) is 5.11 Å². The van der Waals surface area contributed by atoms with E-state index in [2.05, 4.69) is 43.4 Å². The molecule has 0 heterocycles. The Kier molecular flexibility index (Phi) is 16.0. The Bertz CT molecular complexity index is 271. The number of rotatable bonds is 12. The van der Waals surface area contributed by atoms with Crippen molar-refractivity contribution in [3.63, 3.8) is 0 Å². The van der Waals surface area contributed by atoms with Crippen LogP contribution in [0.3, 0.4) is 0 Å². The van der Waals surface area contributed by atoms with Gasteiger partial charge in [0.2, 0.25) is 0 Å². The first kappa shape index (κ1) is 17.9. The van der Waals surface area contributed by atoms with Gasteiger partial charge in [0.1, 0.15) is 0 Å². The summed E-state index contributed by atoms with van der Waals surface area (Å²) in [4.78, 5) is 0. The van der Waals surface area contributed by atoms with Crippen molar-refractivity contribution in [3.05, 3.63) is 48.6 Å². The van der Waals surface area contributed by atoms with E-state index in [0.29, 0.717) is 0 Å². The highest BCUT2D eigenvalue weighted by Crippen LogP contribution is 2.03. The number of hydrogen-bond donors (Lipinski definition) is 1. The first-order chi connectivity index (χ1) is 9.41. The summed E-state index contributed by atoms with van der Waals surface area (Å²) in [6.45, 7) is 2.40. The lowest BCUT2D eigenvalue weighted by Gasteiger charge is -1.92. The van der Waals surface area contributed by atoms with Crippen molar-refractivity contribution in [2.45, 2.75) is 58.3 Å².